The fourth-order valence-corrected chi connectivity index (χ4v) is 3.10. The molecule has 2 N–H and O–H groups in total. The van der Waals surface area contributed by atoms with E-state index >= 15 is 0 Å². The summed E-state index contributed by atoms with van der Waals surface area (Å²) in [4.78, 5) is 15.4. The third-order valence-corrected chi connectivity index (χ3v) is 4.51. The van der Waals surface area contributed by atoms with Crippen molar-refractivity contribution in [3.63, 3.8) is 0 Å². The molecule has 0 radical (unpaired) electrons. The number of urea groups is 1. The second kappa shape index (κ2) is 7.00. The van der Waals surface area contributed by atoms with E-state index < -0.39 is 11.9 Å². The zero-order valence-electron chi connectivity index (χ0n) is 13.2. The minimum absolute atomic E-state index is 0.105. The van der Waals surface area contributed by atoms with Gasteiger partial charge in [-0.1, -0.05) is 0 Å². The van der Waals surface area contributed by atoms with Crippen LogP contribution in [0.25, 0.3) is 0 Å². The van der Waals surface area contributed by atoms with Crippen LogP contribution < -0.4 is 10.6 Å². The summed E-state index contributed by atoms with van der Waals surface area (Å²) in [6, 6.07) is -0.241. The Kier molecular flexibility index (Phi) is 4.98. The maximum atomic E-state index is 12.7. The van der Waals surface area contributed by atoms with Crippen LogP contribution in [0.2, 0.25) is 0 Å². The maximum Gasteiger partial charge on any atom is 0.434 e. The molecule has 2 aliphatic heterocycles. The van der Waals surface area contributed by atoms with E-state index in [4.69, 9.17) is 4.74 Å². The van der Waals surface area contributed by atoms with E-state index in [9.17, 15) is 18.0 Å². The molecule has 3 heterocycles. The number of nitrogens with zero attached hydrogens (tertiary/aromatic N) is 2. The Hall–Kier alpha value is -1.77. The molecule has 1 saturated heterocycles. The summed E-state index contributed by atoms with van der Waals surface area (Å²) in [6.45, 7) is 2.87. The molecular weight excluding hydrogens is 325 g/mol. The number of amides is 2. The normalized spacial score (nSPS) is 23.8. The van der Waals surface area contributed by atoms with Crippen molar-refractivity contribution >= 4 is 6.03 Å². The van der Waals surface area contributed by atoms with Crippen molar-refractivity contribution in [2.24, 2.45) is 11.8 Å². The lowest BCUT2D eigenvalue weighted by atomic mass is 9.99. The molecule has 24 heavy (non-hydrogen) atoms. The van der Waals surface area contributed by atoms with Crippen LogP contribution in [0.1, 0.15) is 24.4 Å². The molecule has 2 aliphatic rings. The molecular formula is C15H21F3N4O2. The van der Waals surface area contributed by atoms with Gasteiger partial charge in [-0.15, -0.1) is 0 Å². The van der Waals surface area contributed by atoms with E-state index in [2.05, 4.69) is 15.6 Å². The van der Waals surface area contributed by atoms with Crippen LogP contribution in [0.5, 0.6) is 0 Å². The van der Waals surface area contributed by atoms with Gasteiger partial charge in [0.05, 0.1) is 6.61 Å². The van der Waals surface area contributed by atoms with Gasteiger partial charge >= 0.3 is 12.2 Å². The van der Waals surface area contributed by atoms with Gasteiger partial charge in [-0.25, -0.2) is 9.78 Å². The van der Waals surface area contributed by atoms with Gasteiger partial charge in [0, 0.05) is 44.8 Å². The quantitative estimate of drug-likeness (QED) is 0.874. The third kappa shape index (κ3) is 4.19. The summed E-state index contributed by atoms with van der Waals surface area (Å²) < 4.78 is 44.9. The fraction of sp³-hybridized carbons (Fsp3) is 0.733. The molecule has 6 nitrogen and oxygen atoms in total. The monoisotopic (exact) mass is 346 g/mol. The van der Waals surface area contributed by atoms with Crippen molar-refractivity contribution in [1.29, 1.82) is 0 Å². The Morgan fingerprint density at radius 3 is 2.71 bits per heavy atom. The average Bonchev–Trinajstić information content (AvgIpc) is 3.18. The number of rotatable bonds is 4. The predicted octanol–water partition coefficient (Wildman–Crippen LogP) is 1.80. The molecule has 1 aromatic heterocycles. The second-order valence-electron chi connectivity index (χ2n) is 6.42. The van der Waals surface area contributed by atoms with Crippen molar-refractivity contribution in [3.8, 4) is 0 Å². The zero-order valence-corrected chi connectivity index (χ0v) is 13.2. The van der Waals surface area contributed by atoms with Crippen LogP contribution in [-0.2, 0) is 23.9 Å². The van der Waals surface area contributed by atoms with Gasteiger partial charge in [0.1, 0.15) is 5.82 Å². The summed E-state index contributed by atoms with van der Waals surface area (Å²) >= 11 is 0. The van der Waals surface area contributed by atoms with Gasteiger partial charge < -0.3 is 19.9 Å². The fourth-order valence-electron chi connectivity index (χ4n) is 3.10. The van der Waals surface area contributed by atoms with Gasteiger partial charge in [0.25, 0.3) is 0 Å². The first kappa shape index (κ1) is 17.1. The Balaban J connectivity index is 1.44. The highest BCUT2D eigenvalue weighted by Gasteiger charge is 2.35. The number of aromatic nitrogens is 2. The van der Waals surface area contributed by atoms with Crippen LogP contribution in [0.15, 0.2) is 6.20 Å². The second-order valence-corrected chi connectivity index (χ2v) is 6.42. The van der Waals surface area contributed by atoms with E-state index in [1.54, 1.807) is 4.57 Å². The first-order chi connectivity index (χ1) is 11.4. The van der Waals surface area contributed by atoms with E-state index in [-0.39, 0.29) is 11.9 Å². The van der Waals surface area contributed by atoms with E-state index in [1.807, 2.05) is 0 Å². The van der Waals surface area contributed by atoms with Gasteiger partial charge in [-0.2, -0.15) is 13.2 Å². The molecule has 0 saturated carbocycles. The number of hydrogen-bond donors (Lipinski definition) is 2. The smallest absolute Gasteiger partial charge is 0.381 e. The van der Waals surface area contributed by atoms with Gasteiger partial charge in [0.15, 0.2) is 5.69 Å². The highest BCUT2D eigenvalue weighted by atomic mass is 19.4. The molecule has 0 bridgehead atoms. The summed E-state index contributed by atoms with van der Waals surface area (Å²) in [5.41, 5.74) is -0.845. The van der Waals surface area contributed by atoms with E-state index in [0.717, 1.165) is 19.2 Å². The topological polar surface area (TPSA) is 68.2 Å². The number of carbonyl (C=O) groups is 1. The molecule has 1 aromatic rings. The largest absolute Gasteiger partial charge is 0.434 e. The van der Waals surface area contributed by atoms with Crippen LogP contribution in [0.3, 0.4) is 0 Å². The SMILES string of the molecule is O=C(NC[C@@H]1CCOC1)NC[C@@H]1CCc2nc(C(F)(F)F)cn2C1. The van der Waals surface area contributed by atoms with Crippen LogP contribution in [0.4, 0.5) is 18.0 Å². The molecule has 0 unspecified atom stereocenters. The highest BCUT2D eigenvalue weighted by molar-refractivity contribution is 5.73. The number of imidazole rings is 1. The molecule has 1 fully saturated rings. The Morgan fingerprint density at radius 2 is 2.04 bits per heavy atom. The van der Waals surface area contributed by atoms with Crippen LogP contribution in [0, 0.1) is 11.8 Å². The lowest BCUT2D eigenvalue weighted by Gasteiger charge is -2.24. The van der Waals surface area contributed by atoms with Crippen molar-refractivity contribution in [2.75, 3.05) is 26.3 Å². The molecule has 134 valence electrons. The van der Waals surface area contributed by atoms with Gasteiger partial charge in [0.2, 0.25) is 0 Å². The van der Waals surface area contributed by atoms with Crippen molar-refractivity contribution in [2.45, 2.75) is 32.0 Å². The Morgan fingerprint density at radius 1 is 1.29 bits per heavy atom. The first-order valence-corrected chi connectivity index (χ1v) is 8.14. The standard InChI is InChI=1S/C15H21F3N4O2/c16-15(17,18)12-8-22-7-10(1-2-13(22)21-12)5-19-14(23)20-6-11-3-4-24-9-11/h8,10-11H,1-7,9H2,(H2,19,20,23)/t10-,11-/m0/s1. The van der Waals surface area contributed by atoms with E-state index in [0.29, 0.717) is 50.8 Å². The average molecular weight is 346 g/mol. The lowest BCUT2D eigenvalue weighted by Crippen LogP contribution is -2.41. The zero-order chi connectivity index (χ0) is 17.2. The number of carbonyl (C=O) groups excluding carboxylic acids is 1. The number of ether oxygens (including phenoxy) is 1. The number of fused-ring (bicyclic) bond motifs is 1. The summed E-state index contributed by atoms with van der Waals surface area (Å²) in [6.07, 6.45) is -1.20. The molecule has 0 aliphatic carbocycles. The number of halogens is 3. The minimum Gasteiger partial charge on any atom is -0.381 e. The molecule has 0 aromatic carbocycles. The number of alkyl halides is 3. The number of aryl methyl sites for hydroxylation is 1. The molecule has 3 rings (SSSR count). The number of hydrogen-bond acceptors (Lipinski definition) is 3. The van der Waals surface area contributed by atoms with E-state index in [1.165, 1.54) is 0 Å². The minimum atomic E-state index is -4.41. The Labute approximate surface area is 137 Å². The van der Waals surface area contributed by atoms with Crippen molar-refractivity contribution < 1.29 is 22.7 Å². The number of nitrogens with one attached hydrogen (secondary N) is 2. The predicted molar refractivity (Wildman–Crippen MR) is 79.4 cm³/mol. The highest BCUT2D eigenvalue weighted by Crippen LogP contribution is 2.30. The van der Waals surface area contributed by atoms with Crippen molar-refractivity contribution in [1.82, 2.24) is 20.2 Å². The Bertz CT molecular complexity index is 582. The van der Waals surface area contributed by atoms with Gasteiger partial charge in [-0.05, 0) is 18.8 Å². The van der Waals surface area contributed by atoms with Gasteiger partial charge in [-0.3, -0.25) is 0 Å². The van der Waals surface area contributed by atoms with Crippen LogP contribution >= 0.6 is 0 Å². The summed E-state index contributed by atoms with van der Waals surface area (Å²) in [5.74, 6) is 0.928. The maximum absolute atomic E-state index is 12.7. The van der Waals surface area contributed by atoms with Crippen molar-refractivity contribution in [3.05, 3.63) is 17.7 Å². The summed E-state index contributed by atoms with van der Waals surface area (Å²) in [7, 11) is 0. The third-order valence-electron chi connectivity index (χ3n) is 4.51. The molecule has 0 spiro atoms. The molecule has 9 heteroatoms. The summed E-state index contributed by atoms with van der Waals surface area (Å²) in [5, 5.41) is 5.61. The molecule has 2 amide bonds. The first-order valence-electron chi connectivity index (χ1n) is 8.14. The van der Waals surface area contributed by atoms with Crippen LogP contribution in [-0.4, -0.2) is 41.9 Å². The molecule has 2 atom stereocenters. The lowest BCUT2D eigenvalue weighted by molar-refractivity contribution is -0.141.